The highest BCUT2D eigenvalue weighted by Gasteiger charge is 2.15. The molecule has 4 aromatic rings. The Kier molecular flexibility index (Phi) is 6.53. The Bertz CT molecular complexity index is 1430. The van der Waals surface area contributed by atoms with Gasteiger partial charge in [-0.05, 0) is 42.5 Å². The highest BCUT2D eigenvalue weighted by molar-refractivity contribution is 7.89. The zero-order valence-corrected chi connectivity index (χ0v) is 20.3. The number of primary sulfonamides is 1. The number of nitrogens with two attached hydrogens (primary N) is 2. The summed E-state index contributed by atoms with van der Waals surface area (Å²) in [7, 11) is -3.76. The number of anilines is 3. The van der Waals surface area contributed by atoms with Crippen LogP contribution in [0, 0.1) is 0 Å². The molecule has 14 heteroatoms. The van der Waals surface area contributed by atoms with Crippen molar-refractivity contribution in [3.63, 3.8) is 0 Å². The molecular formula is C21H25N9O3S2. The molecule has 12 nitrogen and oxygen atoms in total. The lowest BCUT2D eigenvalue weighted by molar-refractivity contribution is 0.191. The number of nitrogens with one attached hydrogen (secondary N) is 2. The third-order valence-corrected chi connectivity index (χ3v) is 7.41. The van der Waals surface area contributed by atoms with E-state index < -0.39 is 10.0 Å². The second-order valence-electron chi connectivity index (χ2n) is 7.97. The normalized spacial score (nSPS) is 14.9. The molecule has 0 bridgehead atoms. The quantitative estimate of drug-likeness (QED) is 0.267. The summed E-state index contributed by atoms with van der Waals surface area (Å²) in [6, 6.07) is 11.7. The average Bonchev–Trinajstić information content (AvgIpc) is 3.42. The fourth-order valence-corrected chi connectivity index (χ4v) is 5.15. The number of fused-ring (bicyclic) bond motifs is 1. The third kappa shape index (κ3) is 5.52. The van der Waals surface area contributed by atoms with Gasteiger partial charge < -0.3 is 21.1 Å². The van der Waals surface area contributed by atoms with Crippen molar-refractivity contribution in [2.45, 2.75) is 4.90 Å². The minimum Gasteiger partial charge on any atom is -0.492 e. The van der Waals surface area contributed by atoms with Crippen LogP contribution in [0.1, 0.15) is 0 Å². The highest BCUT2D eigenvalue weighted by atomic mass is 32.2. The molecule has 0 aliphatic carbocycles. The van der Waals surface area contributed by atoms with Gasteiger partial charge in [0.2, 0.25) is 27.1 Å². The van der Waals surface area contributed by atoms with Crippen LogP contribution in [0.15, 0.2) is 47.4 Å². The standard InChI is InChI=1S/C21H25N9O3S2/c22-19-27-20(25-14-1-4-16(5-2-14)35(23,31)32)28-30(19)21-26-17-6-3-15(13-18(17)34-21)33-12-11-29-9-7-24-8-10-29/h1-6,13,24H,7-12H2,(H2,23,31,32)(H3,22,25,27,28). The number of rotatable bonds is 8. The Morgan fingerprint density at radius 3 is 2.63 bits per heavy atom. The summed E-state index contributed by atoms with van der Waals surface area (Å²) >= 11 is 1.43. The molecule has 6 N–H and O–H groups in total. The van der Waals surface area contributed by atoms with E-state index >= 15 is 0 Å². The average molecular weight is 516 g/mol. The van der Waals surface area contributed by atoms with Crippen LogP contribution in [-0.2, 0) is 10.0 Å². The molecule has 2 aromatic carbocycles. The summed E-state index contributed by atoms with van der Waals surface area (Å²) in [5.74, 6) is 1.21. The van der Waals surface area contributed by atoms with Crippen molar-refractivity contribution in [2.24, 2.45) is 5.14 Å². The molecule has 2 aromatic heterocycles. The smallest absolute Gasteiger partial charge is 0.248 e. The summed E-state index contributed by atoms with van der Waals surface area (Å²) < 4.78 is 31.2. The Balaban J connectivity index is 1.27. The number of piperazine rings is 1. The van der Waals surface area contributed by atoms with E-state index in [0.29, 0.717) is 17.4 Å². The summed E-state index contributed by atoms with van der Waals surface area (Å²) in [5.41, 5.74) is 7.48. The minimum absolute atomic E-state index is 0.0164. The van der Waals surface area contributed by atoms with Crippen molar-refractivity contribution < 1.29 is 13.2 Å². The van der Waals surface area contributed by atoms with Crippen molar-refractivity contribution >= 4 is 49.2 Å². The lowest BCUT2D eigenvalue weighted by Crippen LogP contribution is -2.44. The molecule has 0 atom stereocenters. The molecule has 1 fully saturated rings. The van der Waals surface area contributed by atoms with Crippen molar-refractivity contribution in [1.82, 2.24) is 30.0 Å². The first-order valence-electron chi connectivity index (χ1n) is 10.9. The summed E-state index contributed by atoms with van der Waals surface area (Å²) in [5, 5.41) is 16.4. The van der Waals surface area contributed by atoms with E-state index in [9.17, 15) is 8.42 Å². The van der Waals surface area contributed by atoms with Gasteiger partial charge in [-0.2, -0.15) is 9.67 Å². The van der Waals surface area contributed by atoms with E-state index in [1.54, 1.807) is 12.1 Å². The van der Waals surface area contributed by atoms with Crippen LogP contribution in [0.25, 0.3) is 15.3 Å². The highest BCUT2D eigenvalue weighted by Crippen LogP contribution is 2.29. The molecule has 184 valence electrons. The number of aromatic nitrogens is 4. The van der Waals surface area contributed by atoms with Crippen LogP contribution < -0.4 is 26.2 Å². The minimum atomic E-state index is -3.76. The number of hydrogen-bond donors (Lipinski definition) is 4. The molecule has 1 aliphatic rings. The number of ether oxygens (including phenoxy) is 1. The van der Waals surface area contributed by atoms with E-state index in [1.165, 1.54) is 28.2 Å². The van der Waals surface area contributed by atoms with Crippen LogP contribution >= 0.6 is 11.3 Å². The molecule has 0 saturated carbocycles. The molecule has 0 unspecified atom stereocenters. The lowest BCUT2D eigenvalue weighted by Gasteiger charge is -2.26. The Hall–Kier alpha value is -3.30. The zero-order chi connectivity index (χ0) is 24.4. The molecule has 1 aliphatic heterocycles. The fourth-order valence-electron chi connectivity index (χ4n) is 3.68. The first kappa shape index (κ1) is 23.4. The van der Waals surface area contributed by atoms with Crippen LogP contribution in [-0.4, -0.2) is 72.4 Å². The van der Waals surface area contributed by atoms with Crippen LogP contribution in [0.5, 0.6) is 5.75 Å². The number of thiazole rings is 1. The third-order valence-electron chi connectivity index (χ3n) is 5.49. The van der Waals surface area contributed by atoms with Crippen molar-refractivity contribution in [2.75, 3.05) is 50.4 Å². The Morgan fingerprint density at radius 2 is 1.89 bits per heavy atom. The van der Waals surface area contributed by atoms with Gasteiger partial charge in [0, 0.05) is 38.4 Å². The summed E-state index contributed by atoms with van der Waals surface area (Å²) in [6.45, 7) is 5.63. The van der Waals surface area contributed by atoms with Crippen molar-refractivity contribution in [3.8, 4) is 10.9 Å². The van der Waals surface area contributed by atoms with Crippen molar-refractivity contribution in [3.05, 3.63) is 42.5 Å². The van der Waals surface area contributed by atoms with E-state index in [2.05, 4.69) is 30.6 Å². The fraction of sp³-hybridized carbons (Fsp3) is 0.286. The topological polar surface area (TPSA) is 166 Å². The van der Waals surface area contributed by atoms with Gasteiger partial charge in [0.25, 0.3) is 0 Å². The predicted octanol–water partition coefficient (Wildman–Crippen LogP) is 1.13. The molecule has 5 rings (SSSR count). The summed E-state index contributed by atoms with van der Waals surface area (Å²) in [6.07, 6.45) is 0. The number of benzene rings is 2. The number of hydrogen-bond acceptors (Lipinski definition) is 11. The van der Waals surface area contributed by atoms with E-state index in [0.717, 1.165) is 48.7 Å². The van der Waals surface area contributed by atoms with E-state index in [-0.39, 0.29) is 16.8 Å². The molecule has 35 heavy (non-hydrogen) atoms. The zero-order valence-electron chi connectivity index (χ0n) is 18.7. The molecule has 0 amide bonds. The van der Waals surface area contributed by atoms with E-state index in [4.69, 9.17) is 15.6 Å². The molecule has 3 heterocycles. The van der Waals surface area contributed by atoms with Gasteiger partial charge in [-0.15, -0.1) is 5.10 Å². The van der Waals surface area contributed by atoms with Crippen LogP contribution in [0.4, 0.5) is 17.6 Å². The van der Waals surface area contributed by atoms with Gasteiger partial charge in [0.15, 0.2) is 0 Å². The molecule has 0 radical (unpaired) electrons. The molecular weight excluding hydrogens is 490 g/mol. The van der Waals surface area contributed by atoms with Crippen molar-refractivity contribution in [1.29, 1.82) is 0 Å². The lowest BCUT2D eigenvalue weighted by atomic mass is 10.3. The van der Waals surface area contributed by atoms with Gasteiger partial charge in [0.1, 0.15) is 12.4 Å². The second kappa shape index (κ2) is 9.75. The largest absolute Gasteiger partial charge is 0.492 e. The van der Waals surface area contributed by atoms with E-state index in [1.807, 2.05) is 18.2 Å². The van der Waals surface area contributed by atoms with Gasteiger partial charge in [-0.25, -0.2) is 18.5 Å². The Morgan fingerprint density at radius 1 is 1.11 bits per heavy atom. The van der Waals surface area contributed by atoms with Gasteiger partial charge in [-0.3, -0.25) is 4.90 Å². The number of sulfonamides is 1. The summed E-state index contributed by atoms with van der Waals surface area (Å²) in [4.78, 5) is 11.3. The molecule has 0 spiro atoms. The monoisotopic (exact) mass is 515 g/mol. The maximum absolute atomic E-state index is 11.4. The first-order chi connectivity index (χ1) is 16.8. The van der Waals surface area contributed by atoms with Crippen LogP contribution in [0.2, 0.25) is 0 Å². The molecule has 1 saturated heterocycles. The number of nitrogens with zero attached hydrogens (tertiary/aromatic N) is 5. The maximum atomic E-state index is 11.4. The van der Waals surface area contributed by atoms with Crippen LogP contribution in [0.3, 0.4) is 0 Å². The van der Waals surface area contributed by atoms with Gasteiger partial charge >= 0.3 is 0 Å². The predicted molar refractivity (Wildman–Crippen MR) is 135 cm³/mol. The maximum Gasteiger partial charge on any atom is 0.248 e. The number of nitrogen functional groups attached to an aromatic ring is 1. The first-order valence-corrected chi connectivity index (χ1v) is 13.3. The van der Waals surface area contributed by atoms with Gasteiger partial charge in [-0.1, -0.05) is 11.3 Å². The van der Waals surface area contributed by atoms with Gasteiger partial charge in [0.05, 0.1) is 15.1 Å². The second-order valence-corrected chi connectivity index (χ2v) is 10.5. The SMILES string of the molecule is Nc1nc(Nc2ccc(S(N)(=O)=O)cc2)nn1-c1nc2ccc(OCCN3CCNCC3)cc2s1. The Labute approximate surface area is 206 Å².